The summed E-state index contributed by atoms with van der Waals surface area (Å²) in [7, 11) is 3.33. The third kappa shape index (κ3) is 4.24. The number of terminal acetylenes is 1. The molecule has 0 saturated carbocycles. The van der Waals surface area contributed by atoms with Crippen LogP contribution in [0.25, 0.3) is 0 Å². The van der Waals surface area contributed by atoms with Gasteiger partial charge in [-0.15, -0.1) is 6.42 Å². The molecular weight excluding hydrogens is 258 g/mol. The molecule has 0 radical (unpaired) electrons. The molecule has 0 fully saturated rings. The van der Waals surface area contributed by atoms with E-state index >= 15 is 0 Å². The monoisotopic (exact) mass is 271 g/mol. The first kappa shape index (κ1) is 13.8. The second-order valence-electron chi connectivity index (χ2n) is 3.86. The molecule has 0 N–H and O–H groups in total. The van der Waals surface area contributed by atoms with E-state index in [-0.39, 0.29) is 5.24 Å². The Morgan fingerprint density at radius 2 is 2.24 bits per heavy atom. The lowest BCUT2D eigenvalue weighted by Gasteiger charge is -2.16. The lowest BCUT2D eigenvalue weighted by Crippen LogP contribution is -2.25. The fraction of sp³-hybridized carbons (Fsp3) is 0.500. The van der Waals surface area contributed by atoms with Gasteiger partial charge in [0.2, 0.25) is 5.16 Å². The van der Waals surface area contributed by atoms with Crippen molar-refractivity contribution < 1.29 is 9.53 Å². The number of aromatic nitrogens is 2. The first-order valence-corrected chi connectivity index (χ1v) is 6.32. The summed E-state index contributed by atoms with van der Waals surface area (Å²) in [5.41, 5.74) is -0.729. The van der Waals surface area contributed by atoms with E-state index in [1.165, 1.54) is 4.90 Å². The van der Waals surface area contributed by atoms with Gasteiger partial charge in [-0.3, -0.25) is 4.79 Å². The number of thioether (sulfide) groups is 1. The van der Waals surface area contributed by atoms with Gasteiger partial charge in [-0.25, -0.2) is 0 Å². The van der Waals surface area contributed by atoms with Crippen molar-refractivity contribution >= 4 is 28.5 Å². The van der Waals surface area contributed by atoms with Crippen LogP contribution in [-0.4, -0.2) is 39.2 Å². The van der Waals surface area contributed by atoms with Crippen molar-refractivity contribution in [3.05, 3.63) is 0 Å². The van der Waals surface area contributed by atoms with Crippen LogP contribution in [0.15, 0.2) is 5.16 Å². The average Bonchev–Trinajstić information content (AvgIpc) is 2.64. The van der Waals surface area contributed by atoms with Crippen molar-refractivity contribution in [2.75, 3.05) is 14.1 Å². The topological polar surface area (TPSA) is 55.3 Å². The average molecular weight is 271 g/mol. The van der Waals surface area contributed by atoms with Gasteiger partial charge >= 0.3 is 0 Å². The third-order valence-corrected chi connectivity index (χ3v) is 3.24. The molecule has 0 atom stereocenters. The molecule has 1 amide bonds. The van der Waals surface area contributed by atoms with Crippen LogP contribution in [0.1, 0.15) is 13.8 Å². The summed E-state index contributed by atoms with van der Waals surface area (Å²) >= 11 is 2.02. The molecule has 92 valence electrons. The van der Waals surface area contributed by atoms with Gasteiger partial charge in [-0.2, -0.15) is 9.36 Å². The fourth-order valence-electron chi connectivity index (χ4n) is 0.697. The van der Waals surface area contributed by atoms with Gasteiger partial charge in [0.15, 0.2) is 5.60 Å². The van der Waals surface area contributed by atoms with Crippen molar-refractivity contribution in [3.63, 3.8) is 0 Å². The smallest absolute Gasteiger partial charge is 0.295 e. The molecule has 7 heteroatoms. The Bertz CT molecular complexity index is 449. The van der Waals surface area contributed by atoms with Crippen molar-refractivity contribution in [2.24, 2.45) is 0 Å². The molecule has 1 aromatic heterocycles. The van der Waals surface area contributed by atoms with Crippen molar-refractivity contribution in [3.8, 4) is 17.5 Å². The summed E-state index contributed by atoms with van der Waals surface area (Å²) in [6, 6.07) is 0. The molecule has 0 bridgehead atoms. The number of nitrogens with zero attached hydrogens (tertiary/aromatic N) is 3. The SMILES string of the molecule is C#CC(C)(C)Oc1nc(SC(=O)N(C)C)ns1. The summed E-state index contributed by atoms with van der Waals surface area (Å²) < 4.78 is 9.45. The summed E-state index contributed by atoms with van der Waals surface area (Å²) in [6.45, 7) is 3.51. The van der Waals surface area contributed by atoms with E-state index in [9.17, 15) is 4.79 Å². The van der Waals surface area contributed by atoms with Crippen LogP contribution in [-0.2, 0) is 0 Å². The van der Waals surface area contributed by atoms with Crippen LogP contribution >= 0.6 is 23.3 Å². The van der Waals surface area contributed by atoms with E-state index in [1.807, 2.05) is 0 Å². The van der Waals surface area contributed by atoms with Gasteiger partial charge in [0, 0.05) is 37.4 Å². The van der Waals surface area contributed by atoms with Gasteiger partial charge in [0.1, 0.15) is 0 Å². The number of hydrogen-bond acceptors (Lipinski definition) is 6. The highest BCUT2D eigenvalue weighted by Gasteiger charge is 2.19. The number of ether oxygens (including phenoxy) is 1. The Balaban J connectivity index is 2.67. The zero-order chi connectivity index (χ0) is 13.1. The molecule has 0 aliphatic heterocycles. The number of hydrogen-bond donors (Lipinski definition) is 0. The summed E-state index contributed by atoms with van der Waals surface area (Å²) in [5.74, 6) is 2.49. The highest BCUT2D eigenvalue weighted by atomic mass is 32.2. The van der Waals surface area contributed by atoms with Crippen molar-refractivity contribution in [1.29, 1.82) is 0 Å². The molecule has 0 spiro atoms. The van der Waals surface area contributed by atoms with Crippen LogP contribution in [0.4, 0.5) is 4.79 Å². The quantitative estimate of drug-likeness (QED) is 0.622. The normalized spacial score (nSPS) is 10.8. The Hall–Kier alpha value is -1.26. The van der Waals surface area contributed by atoms with E-state index < -0.39 is 5.60 Å². The minimum Gasteiger partial charge on any atom is -0.450 e. The molecule has 5 nitrogen and oxygen atoms in total. The Labute approximate surface area is 109 Å². The summed E-state index contributed by atoms with van der Waals surface area (Å²) in [5, 5.41) is 0.601. The van der Waals surface area contributed by atoms with Gasteiger partial charge in [-0.05, 0) is 13.8 Å². The van der Waals surface area contributed by atoms with Crippen molar-refractivity contribution in [2.45, 2.75) is 24.6 Å². The standard InChI is InChI=1S/C10H13N3O2S2/c1-6-10(2,3)15-8-11-7(12-17-8)16-9(14)13(4)5/h1H,2-5H3. The van der Waals surface area contributed by atoms with E-state index in [1.54, 1.807) is 27.9 Å². The molecule has 1 rings (SSSR count). The second kappa shape index (κ2) is 5.38. The van der Waals surface area contributed by atoms with Crippen LogP contribution in [0.2, 0.25) is 0 Å². The maximum absolute atomic E-state index is 11.4. The van der Waals surface area contributed by atoms with E-state index in [0.717, 1.165) is 23.3 Å². The van der Waals surface area contributed by atoms with Crippen LogP contribution < -0.4 is 4.74 Å². The van der Waals surface area contributed by atoms with E-state index in [2.05, 4.69) is 15.3 Å². The third-order valence-electron chi connectivity index (χ3n) is 1.62. The van der Waals surface area contributed by atoms with E-state index in [0.29, 0.717) is 10.4 Å². The summed E-state index contributed by atoms with van der Waals surface area (Å²) in [6.07, 6.45) is 5.30. The zero-order valence-corrected chi connectivity index (χ0v) is 11.7. The number of amides is 1. The zero-order valence-electron chi connectivity index (χ0n) is 10.1. The molecule has 1 aromatic rings. The predicted molar refractivity (Wildman–Crippen MR) is 68.4 cm³/mol. The first-order valence-electron chi connectivity index (χ1n) is 4.73. The molecule has 0 aromatic carbocycles. The highest BCUT2D eigenvalue weighted by molar-refractivity contribution is 8.13. The minimum atomic E-state index is -0.729. The molecule has 0 saturated heterocycles. The van der Waals surface area contributed by atoms with Crippen LogP contribution in [0.5, 0.6) is 5.19 Å². The van der Waals surface area contributed by atoms with Crippen LogP contribution in [0, 0.1) is 12.3 Å². The Kier molecular flexibility index (Phi) is 4.37. The van der Waals surface area contributed by atoms with Crippen molar-refractivity contribution in [1.82, 2.24) is 14.3 Å². The molecule has 0 aliphatic rings. The van der Waals surface area contributed by atoms with Gasteiger partial charge in [0.25, 0.3) is 10.4 Å². The lowest BCUT2D eigenvalue weighted by atomic mass is 10.2. The molecule has 1 heterocycles. The molecular formula is C10H13N3O2S2. The second-order valence-corrected chi connectivity index (χ2v) is 5.49. The molecule has 0 unspecified atom stereocenters. The van der Waals surface area contributed by atoms with E-state index in [4.69, 9.17) is 11.2 Å². The van der Waals surface area contributed by atoms with Gasteiger partial charge < -0.3 is 9.64 Å². The first-order chi connectivity index (χ1) is 7.84. The van der Waals surface area contributed by atoms with Gasteiger partial charge in [0.05, 0.1) is 0 Å². The minimum absolute atomic E-state index is 0.134. The molecule has 0 aliphatic carbocycles. The largest absolute Gasteiger partial charge is 0.450 e. The predicted octanol–water partition coefficient (Wildman–Crippen LogP) is 2.10. The lowest BCUT2D eigenvalue weighted by molar-refractivity contribution is 0.171. The summed E-state index contributed by atoms with van der Waals surface area (Å²) in [4.78, 5) is 16.9. The highest BCUT2D eigenvalue weighted by Crippen LogP contribution is 2.25. The Morgan fingerprint density at radius 1 is 1.59 bits per heavy atom. The maximum atomic E-state index is 11.4. The maximum Gasteiger partial charge on any atom is 0.295 e. The number of rotatable bonds is 3. The molecule has 17 heavy (non-hydrogen) atoms. The number of carbonyl (C=O) groups is 1. The Morgan fingerprint density at radius 3 is 2.76 bits per heavy atom. The fourth-order valence-corrected chi connectivity index (χ4v) is 2.05. The van der Waals surface area contributed by atoms with Gasteiger partial charge in [-0.1, -0.05) is 5.92 Å². The number of carbonyl (C=O) groups excluding carboxylic acids is 1. The van der Waals surface area contributed by atoms with Crippen LogP contribution in [0.3, 0.4) is 0 Å².